The van der Waals surface area contributed by atoms with Crippen molar-refractivity contribution in [3.8, 4) is 0 Å². The van der Waals surface area contributed by atoms with E-state index < -0.39 is 0 Å². The van der Waals surface area contributed by atoms with Crippen LogP contribution in [0.3, 0.4) is 0 Å². The quantitative estimate of drug-likeness (QED) is 0.857. The van der Waals surface area contributed by atoms with Gasteiger partial charge in [0, 0.05) is 31.5 Å². The Kier molecular flexibility index (Phi) is 4.50. The van der Waals surface area contributed by atoms with Crippen LogP contribution in [0, 0.1) is 5.41 Å². The van der Waals surface area contributed by atoms with E-state index in [1.807, 2.05) is 6.20 Å². The van der Waals surface area contributed by atoms with Crippen LogP contribution < -0.4 is 5.32 Å². The highest BCUT2D eigenvalue weighted by Crippen LogP contribution is 2.24. The maximum Gasteiger partial charge on any atom is 0.203 e. The summed E-state index contributed by atoms with van der Waals surface area (Å²) in [5, 5.41) is 3.60. The number of aromatic nitrogens is 2. The molecule has 1 aliphatic carbocycles. The fourth-order valence-corrected chi connectivity index (χ4v) is 3.20. The molecule has 108 valence electrons. The lowest BCUT2D eigenvalue weighted by Gasteiger charge is -2.29. The Morgan fingerprint density at radius 2 is 2.05 bits per heavy atom. The molecule has 1 heterocycles. The normalized spacial score (nSPS) is 17.3. The van der Waals surface area contributed by atoms with Gasteiger partial charge in [-0.2, -0.15) is 0 Å². The molecule has 19 heavy (non-hydrogen) atoms. The molecule has 0 radical (unpaired) electrons. The molecule has 0 atom stereocenters. The minimum absolute atomic E-state index is 0.246. The molecule has 1 fully saturated rings. The van der Waals surface area contributed by atoms with Gasteiger partial charge in [0.15, 0.2) is 0 Å². The van der Waals surface area contributed by atoms with Gasteiger partial charge in [-0.1, -0.05) is 26.7 Å². The highest BCUT2D eigenvalue weighted by Gasteiger charge is 2.22. The van der Waals surface area contributed by atoms with Gasteiger partial charge in [-0.3, -0.25) is 0 Å². The van der Waals surface area contributed by atoms with Crippen molar-refractivity contribution in [3.63, 3.8) is 0 Å². The highest BCUT2D eigenvalue weighted by atomic mass is 15.2. The average molecular weight is 264 g/mol. The SMILES string of the molecule is CN(C)CC(C)(C)Cn1ccnc1NC1CCCC1. The van der Waals surface area contributed by atoms with Gasteiger partial charge < -0.3 is 14.8 Å². The van der Waals surface area contributed by atoms with E-state index in [0.717, 1.165) is 19.0 Å². The van der Waals surface area contributed by atoms with Gasteiger partial charge in [0.05, 0.1) is 0 Å². The lowest BCUT2D eigenvalue weighted by atomic mass is 9.93. The van der Waals surface area contributed by atoms with Gasteiger partial charge in [-0.25, -0.2) is 4.98 Å². The number of imidazole rings is 1. The van der Waals surface area contributed by atoms with Crippen LogP contribution >= 0.6 is 0 Å². The summed E-state index contributed by atoms with van der Waals surface area (Å²) in [5.74, 6) is 1.04. The second-order valence-corrected chi connectivity index (χ2v) is 6.91. The summed E-state index contributed by atoms with van der Waals surface area (Å²) in [5.41, 5.74) is 0.246. The summed E-state index contributed by atoms with van der Waals surface area (Å²) in [6.45, 7) is 6.70. The van der Waals surface area contributed by atoms with Crippen LogP contribution in [-0.2, 0) is 6.54 Å². The van der Waals surface area contributed by atoms with Gasteiger partial charge in [0.2, 0.25) is 5.95 Å². The van der Waals surface area contributed by atoms with Crippen LogP contribution in [0.4, 0.5) is 5.95 Å². The smallest absolute Gasteiger partial charge is 0.203 e. The summed E-state index contributed by atoms with van der Waals surface area (Å²) in [4.78, 5) is 6.73. The van der Waals surface area contributed by atoms with Crippen molar-refractivity contribution >= 4 is 5.95 Å². The van der Waals surface area contributed by atoms with Gasteiger partial charge in [-0.05, 0) is 32.4 Å². The monoisotopic (exact) mass is 264 g/mol. The van der Waals surface area contributed by atoms with Crippen LogP contribution in [0.2, 0.25) is 0 Å². The zero-order valence-corrected chi connectivity index (χ0v) is 12.8. The van der Waals surface area contributed by atoms with Crippen LogP contribution in [0.5, 0.6) is 0 Å². The summed E-state index contributed by atoms with van der Waals surface area (Å²) in [6.07, 6.45) is 9.27. The molecule has 4 heteroatoms. The van der Waals surface area contributed by atoms with Crippen molar-refractivity contribution in [1.29, 1.82) is 0 Å². The third kappa shape index (κ3) is 4.23. The first-order chi connectivity index (χ1) is 8.96. The molecule has 4 nitrogen and oxygen atoms in total. The second-order valence-electron chi connectivity index (χ2n) is 6.91. The standard InChI is InChI=1S/C15H28N4/c1-15(2,11-18(3)4)12-19-10-9-16-14(19)17-13-7-5-6-8-13/h9-10,13H,5-8,11-12H2,1-4H3,(H,16,17). The Balaban J connectivity index is 1.98. The first-order valence-electron chi connectivity index (χ1n) is 7.39. The third-order valence-electron chi connectivity index (χ3n) is 3.75. The van der Waals surface area contributed by atoms with Crippen LogP contribution in [0.25, 0.3) is 0 Å². The first kappa shape index (κ1) is 14.4. The fourth-order valence-electron chi connectivity index (χ4n) is 3.20. The summed E-state index contributed by atoms with van der Waals surface area (Å²) >= 11 is 0. The molecule has 0 unspecified atom stereocenters. The molecule has 2 rings (SSSR count). The summed E-state index contributed by atoms with van der Waals surface area (Å²) < 4.78 is 2.27. The Hall–Kier alpha value is -1.03. The second kappa shape index (κ2) is 5.95. The van der Waals surface area contributed by atoms with Crippen molar-refractivity contribution in [2.45, 2.75) is 52.1 Å². The van der Waals surface area contributed by atoms with Gasteiger partial charge >= 0.3 is 0 Å². The van der Waals surface area contributed by atoms with Gasteiger partial charge in [-0.15, -0.1) is 0 Å². The molecule has 0 aliphatic heterocycles. The largest absolute Gasteiger partial charge is 0.353 e. The molecular weight excluding hydrogens is 236 g/mol. The van der Waals surface area contributed by atoms with Crippen molar-refractivity contribution < 1.29 is 0 Å². The maximum absolute atomic E-state index is 4.48. The van der Waals surface area contributed by atoms with Crippen LogP contribution in [-0.4, -0.2) is 41.1 Å². The topological polar surface area (TPSA) is 33.1 Å². The third-order valence-corrected chi connectivity index (χ3v) is 3.75. The summed E-state index contributed by atoms with van der Waals surface area (Å²) in [7, 11) is 4.26. The molecule has 1 aromatic heterocycles. The first-order valence-corrected chi connectivity index (χ1v) is 7.39. The van der Waals surface area contributed by atoms with Crippen molar-refractivity contribution in [3.05, 3.63) is 12.4 Å². The van der Waals surface area contributed by atoms with E-state index in [1.54, 1.807) is 0 Å². The maximum atomic E-state index is 4.48. The average Bonchev–Trinajstić information content (AvgIpc) is 2.89. The van der Waals surface area contributed by atoms with E-state index in [9.17, 15) is 0 Å². The molecule has 1 N–H and O–H groups in total. The molecule has 0 spiro atoms. The number of rotatable bonds is 6. The number of nitrogens with zero attached hydrogens (tertiary/aromatic N) is 3. The highest BCUT2D eigenvalue weighted by molar-refractivity contribution is 5.28. The molecule has 1 saturated carbocycles. The van der Waals surface area contributed by atoms with Crippen LogP contribution in [0.1, 0.15) is 39.5 Å². The number of nitrogens with one attached hydrogen (secondary N) is 1. The van der Waals surface area contributed by atoms with Crippen molar-refractivity contribution in [1.82, 2.24) is 14.5 Å². The Bertz CT molecular complexity index is 389. The molecular formula is C15H28N4. The predicted molar refractivity (Wildman–Crippen MR) is 80.4 cm³/mol. The molecule has 0 saturated heterocycles. The zero-order valence-electron chi connectivity index (χ0n) is 12.8. The molecule has 1 aliphatic rings. The van der Waals surface area contributed by atoms with E-state index in [4.69, 9.17) is 0 Å². The van der Waals surface area contributed by atoms with Gasteiger partial charge in [0.1, 0.15) is 0 Å². The van der Waals surface area contributed by atoms with Crippen molar-refractivity contribution in [2.24, 2.45) is 5.41 Å². The number of anilines is 1. The molecule has 0 aromatic carbocycles. The number of hydrogen-bond donors (Lipinski definition) is 1. The Labute approximate surface area is 117 Å². The zero-order chi connectivity index (χ0) is 13.9. The van der Waals surface area contributed by atoms with E-state index >= 15 is 0 Å². The van der Waals surface area contributed by atoms with E-state index in [2.05, 4.69) is 53.9 Å². The lowest BCUT2D eigenvalue weighted by Crippen LogP contribution is -2.33. The van der Waals surface area contributed by atoms with Crippen molar-refractivity contribution in [2.75, 3.05) is 26.0 Å². The minimum Gasteiger partial charge on any atom is -0.353 e. The number of hydrogen-bond acceptors (Lipinski definition) is 3. The minimum atomic E-state index is 0.246. The van der Waals surface area contributed by atoms with E-state index in [-0.39, 0.29) is 5.41 Å². The Morgan fingerprint density at radius 3 is 2.68 bits per heavy atom. The summed E-state index contributed by atoms with van der Waals surface area (Å²) in [6, 6.07) is 0.623. The molecule has 0 amide bonds. The Morgan fingerprint density at radius 1 is 1.37 bits per heavy atom. The van der Waals surface area contributed by atoms with Gasteiger partial charge in [0.25, 0.3) is 0 Å². The van der Waals surface area contributed by atoms with E-state index in [0.29, 0.717) is 6.04 Å². The molecule has 0 bridgehead atoms. The van der Waals surface area contributed by atoms with E-state index in [1.165, 1.54) is 25.7 Å². The molecule has 1 aromatic rings. The van der Waals surface area contributed by atoms with Crippen LogP contribution in [0.15, 0.2) is 12.4 Å². The fraction of sp³-hybridized carbons (Fsp3) is 0.800. The predicted octanol–water partition coefficient (Wildman–Crippen LogP) is 2.83. The lowest BCUT2D eigenvalue weighted by molar-refractivity contribution is 0.212.